The lowest BCUT2D eigenvalue weighted by Gasteiger charge is -2.19. The summed E-state index contributed by atoms with van der Waals surface area (Å²) in [5.41, 5.74) is 2.58. The number of benzene rings is 1. The third-order valence-electron chi connectivity index (χ3n) is 3.20. The number of nitriles is 1. The molecular weight excluding hydrogens is 266 g/mol. The van der Waals surface area contributed by atoms with Gasteiger partial charge in [-0.05, 0) is 43.3 Å². The summed E-state index contributed by atoms with van der Waals surface area (Å²) in [4.78, 5) is 17.9. The molecule has 106 valence electrons. The molecule has 21 heavy (non-hydrogen) atoms. The minimum atomic E-state index is -0.396. The van der Waals surface area contributed by atoms with Gasteiger partial charge >= 0.3 is 5.97 Å². The van der Waals surface area contributed by atoms with Crippen LogP contribution in [0.15, 0.2) is 36.4 Å². The first kappa shape index (κ1) is 14.5. The van der Waals surface area contributed by atoms with E-state index in [-0.39, 0.29) is 0 Å². The van der Waals surface area contributed by atoms with Crippen LogP contribution in [0.4, 0.5) is 11.5 Å². The van der Waals surface area contributed by atoms with Crippen molar-refractivity contribution < 1.29 is 9.53 Å². The molecule has 0 spiro atoms. The standard InChI is InChI=1S/C16H15N3O2/c1-11-14(16(20)21-3)8-9-15(18-11)19(2)13-6-4-12(10-17)5-7-13/h4-9H,1-3H3. The van der Waals surface area contributed by atoms with Crippen LogP contribution < -0.4 is 4.90 Å². The highest BCUT2D eigenvalue weighted by Crippen LogP contribution is 2.23. The Morgan fingerprint density at radius 1 is 1.24 bits per heavy atom. The number of aryl methyl sites for hydroxylation is 1. The Morgan fingerprint density at radius 2 is 1.90 bits per heavy atom. The first-order valence-corrected chi connectivity index (χ1v) is 6.36. The predicted octanol–water partition coefficient (Wildman–Crippen LogP) is 2.82. The Bertz CT molecular complexity index is 702. The van der Waals surface area contributed by atoms with Crippen molar-refractivity contribution in [2.45, 2.75) is 6.92 Å². The van der Waals surface area contributed by atoms with Gasteiger partial charge in [0.2, 0.25) is 0 Å². The van der Waals surface area contributed by atoms with Crippen molar-refractivity contribution in [1.82, 2.24) is 4.98 Å². The van der Waals surface area contributed by atoms with Gasteiger partial charge in [0.05, 0.1) is 30.0 Å². The fraction of sp³-hybridized carbons (Fsp3) is 0.188. The number of methoxy groups -OCH3 is 1. The van der Waals surface area contributed by atoms with Gasteiger partial charge in [0.25, 0.3) is 0 Å². The lowest BCUT2D eigenvalue weighted by atomic mass is 10.2. The van der Waals surface area contributed by atoms with Crippen LogP contribution in [0.5, 0.6) is 0 Å². The number of ether oxygens (including phenoxy) is 1. The van der Waals surface area contributed by atoms with Crippen LogP contribution in [0, 0.1) is 18.3 Å². The summed E-state index contributed by atoms with van der Waals surface area (Å²) in [6.07, 6.45) is 0. The predicted molar refractivity (Wildman–Crippen MR) is 79.5 cm³/mol. The van der Waals surface area contributed by atoms with Gasteiger partial charge in [-0.1, -0.05) is 0 Å². The van der Waals surface area contributed by atoms with E-state index in [1.54, 1.807) is 31.2 Å². The molecule has 1 heterocycles. The first-order valence-electron chi connectivity index (χ1n) is 6.36. The lowest BCUT2D eigenvalue weighted by molar-refractivity contribution is 0.0599. The van der Waals surface area contributed by atoms with Crippen LogP contribution in [-0.4, -0.2) is 25.1 Å². The number of esters is 1. The van der Waals surface area contributed by atoms with E-state index in [4.69, 9.17) is 10.00 Å². The number of hydrogen-bond donors (Lipinski definition) is 0. The SMILES string of the molecule is COC(=O)c1ccc(N(C)c2ccc(C#N)cc2)nc1C. The second-order valence-electron chi connectivity index (χ2n) is 4.51. The fourth-order valence-electron chi connectivity index (χ4n) is 1.95. The molecule has 1 aromatic heterocycles. The zero-order chi connectivity index (χ0) is 15.4. The molecule has 0 amide bonds. The van der Waals surface area contributed by atoms with Gasteiger partial charge in [-0.2, -0.15) is 5.26 Å². The molecule has 1 aromatic carbocycles. The summed E-state index contributed by atoms with van der Waals surface area (Å²) in [5, 5.41) is 8.81. The van der Waals surface area contributed by atoms with E-state index in [9.17, 15) is 4.79 Å². The van der Waals surface area contributed by atoms with Crippen LogP contribution in [0.25, 0.3) is 0 Å². The summed E-state index contributed by atoms with van der Waals surface area (Å²) < 4.78 is 4.70. The molecule has 0 N–H and O–H groups in total. The maximum atomic E-state index is 11.5. The summed E-state index contributed by atoms with van der Waals surface area (Å²) in [6, 6.07) is 12.7. The average molecular weight is 281 g/mol. The van der Waals surface area contributed by atoms with E-state index in [1.165, 1.54) is 7.11 Å². The number of anilines is 2. The Labute approximate surface area is 123 Å². The molecule has 0 fully saturated rings. The lowest BCUT2D eigenvalue weighted by Crippen LogP contribution is -2.13. The molecule has 0 saturated heterocycles. The molecule has 0 aliphatic carbocycles. The Hall–Kier alpha value is -2.87. The zero-order valence-electron chi connectivity index (χ0n) is 12.1. The monoisotopic (exact) mass is 281 g/mol. The number of carbonyl (C=O) groups excluding carboxylic acids is 1. The molecule has 0 bridgehead atoms. The van der Waals surface area contributed by atoms with E-state index < -0.39 is 5.97 Å². The van der Waals surface area contributed by atoms with Crippen LogP contribution in [0.1, 0.15) is 21.6 Å². The molecular formula is C16H15N3O2. The van der Waals surface area contributed by atoms with Crippen LogP contribution >= 0.6 is 0 Å². The van der Waals surface area contributed by atoms with Crippen molar-refractivity contribution >= 4 is 17.5 Å². The number of hydrogen-bond acceptors (Lipinski definition) is 5. The van der Waals surface area contributed by atoms with E-state index in [0.717, 1.165) is 5.69 Å². The van der Waals surface area contributed by atoms with Gasteiger partial charge < -0.3 is 9.64 Å². The molecule has 0 aliphatic heterocycles. The molecule has 2 aromatic rings. The van der Waals surface area contributed by atoms with Gasteiger partial charge in [0, 0.05) is 12.7 Å². The Morgan fingerprint density at radius 3 is 2.43 bits per heavy atom. The zero-order valence-corrected chi connectivity index (χ0v) is 12.1. The highest BCUT2D eigenvalue weighted by atomic mass is 16.5. The highest BCUT2D eigenvalue weighted by molar-refractivity contribution is 5.90. The summed E-state index contributed by atoms with van der Waals surface area (Å²) >= 11 is 0. The summed E-state index contributed by atoms with van der Waals surface area (Å²) in [7, 11) is 3.22. The molecule has 0 aliphatic rings. The molecule has 0 radical (unpaired) electrons. The second kappa shape index (κ2) is 6.06. The Balaban J connectivity index is 2.31. The Kier molecular flexibility index (Phi) is 4.19. The molecule has 5 heteroatoms. The number of nitrogens with zero attached hydrogens (tertiary/aromatic N) is 3. The van der Waals surface area contributed by atoms with Crippen LogP contribution in [-0.2, 0) is 4.74 Å². The van der Waals surface area contributed by atoms with Crippen molar-refractivity contribution in [2.24, 2.45) is 0 Å². The first-order chi connectivity index (χ1) is 10.1. The van der Waals surface area contributed by atoms with Crippen molar-refractivity contribution in [1.29, 1.82) is 5.26 Å². The van der Waals surface area contributed by atoms with E-state index in [2.05, 4.69) is 11.1 Å². The normalized spacial score (nSPS) is 9.81. The third kappa shape index (κ3) is 3.00. The van der Waals surface area contributed by atoms with Crippen molar-refractivity contribution in [3.8, 4) is 6.07 Å². The van der Waals surface area contributed by atoms with Gasteiger partial charge in [-0.25, -0.2) is 9.78 Å². The van der Waals surface area contributed by atoms with Crippen LogP contribution in [0.2, 0.25) is 0 Å². The maximum Gasteiger partial charge on any atom is 0.339 e. The van der Waals surface area contributed by atoms with E-state index >= 15 is 0 Å². The van der Waals surface area contributed by atoms with Gasteiger partial charge in [-0.3, -0.25) is 0 Å². The molecule has 5 nitrogen and oxygen atoms in total. The average Bonchev–Trinajstić information content (AvgIpc) is 2.53. The van der Waals surface area contributed by atoms with E-state index in [0.29, 0.717) is 22.6 Å². The van der Waals surface area contributed by atoms with Crippen molar-refractivity contribution in [2.75, 3.05) is 19.1 Å². The molecule has 2 rings (SSSR count). The highest BCUT2D eigenvalue weighted by Gasteiger charge is 2.13. The van der Waals surface area contributed by atoms with Crippen molar-refractivity contribution in [3.63, 3.8) is 0 Å². The molecule has 0 saturated carbocycles. The smallest absolute Gasteiger partial charge is 0.339 e. The number of rotatable bonds is 3. The topological polar surface area (TPSA) is 66.2 Å². The maximum absolute atomic E-state index is 11.5. The van der Waals surface area contributed by atoms with Gasteiger partial charge in [0.15, 0.2) is 0 Å². The quantitative estimate of drug-likeness (QED) is 0.809. The summed E-state index contributed by atoms with van der Waals surface area (Å²) in [6.45, 7) is 1.77. The fourth-order valence-corrected chi connectivity index (χ4v) is 1.95. The minimum Gasteiger partial charge on any atom is -0.465 e. The number of pyridine rings is 1. The van der Waals surface area contributed by atoms with Gasteiger partial charge in [0.1, 0.15) is 5.82 Å². The van der Waals surface area contributed by atoms with E-state index in [1.807, 2.05) is 24.1 Å². The summed E-state index contributed by atoms with van der Waals surface area (Å²) in [5.74, 6) is 0.317. The number of aromatic nitrogens is 1. The molecule has 0 atom stereocenters. The van der Waals surface area contributed by atoms with Gasteiger partial charge in [-0.15, -0.1) is 0 Å². The second-order valence-corrected chi connectivity index (χ2v) is 4.51. The largest absolute Gasteiger partial charge is 0.465 e. The van der Waals surface area contributed by atoms with Crippen molar-refractivity contribution in [3.05, 3.63) is 53.2 Å². The third-order valence-corrected chi connectivity index (χ3v) is 3.20. The minimum absolute atomic E-state index is 0.396. The number of carbonyl (C=O) groups is 1. The van der Waals surface area contributed by atoms with Crippen LogP contribution in [0.3, 0.4) is 0 Å². The molecule has 0 unspecified atom stereocenters.